The molecule has 0 bridgehead atoms. The lowest BCUT2D eigenvalue weighted by Crippen LogP contribution is -2.27. The van der Waals surface area contributed by atoms with Gasteiger partial charge >= 0.3 is 0 Å². The van der Waals surface area contributed by atoms with Crippen LogP contribution < -0.4 is 5.32 Å². The van der Waals surface area contributed by atoms with E-state index in [1.165, 1.54) is 28.8 Å². The molecule has 0 aliphatic heterocycles. The van der Waals surface area contributed by atoms with Crippen LogP contribution in [0.2, 0.25) is 0 Å². The van der Waals surface area contributed by atoms with Crippen LogP contribution in [0.1, 0.15) is 48.7 Å². The predicted octanol–water partition coefficient (Wildman–Crippen LogP) is 5.32. The van der Waals surface area contributed by atoms with Gasteiger partial charge in [-0.3, -0.25) is 0 Å². The number of benzene rings is 1. The van der Waals surface area contributed by atoms with E-state index in [-0.39, 0.29) is 0 Å². The first-order valence-corrected chi connectivity index (χ1v) is 8.45. The molecule has 0 amide bonds. The lowest BCUT2D eigenvalue weighted by molar-refractivity contribution is 0.340. The molecule has 0 aliphatic rings. The Balaban J connectivity index is 2.13. The van der Waals surface area contributed by atoms with Gasteiger partial charge in [-0.25, -0.2) is 0 Å². The molecule has 108 valence electrons. The molecule has 1 aromatic heterocycles. The minimum atomic E-state index is 0.452. The van der Waals surface area contributed by atoms with Crippen molar-refractivity contribution in [3.8, 4) is 0 Å². The molecule has 0 saturated heterocycles. The van der Waals surface area contributed by atoms with Gasteiger partial charge in [0.15, 0.2) is 0 Å². The van der Waals surface area contributed by atoms with E-state index < -0.39 is 0 Å². The zero-order valence-corrected chi connectivity index (χ0v) is 13.5. The number of hydrogen-bond acceptors (Lipinski definition) is 2. The summed E-state index contributed by atoms with van der Waals surface area (Å²) in [6.45, 7) is 7.76. The Morgan fingerprint density at radius 1 is 1.05 bits per heavy atom. The van der Waals surface area contributed by atoms with Crippen molar-refractivity contribution in [1.29, 1.82) is 0 Å². The third-order valence-electron chi connectivity index (χ3n) is 4.13. The Labute approximate surface area is 127 Å². The van der Waals surface area contributed by atoms with Crippen LogP contribution in [0.5, 0.6) is 0 Å². The number of rotatable bonds is 7. The van der Waals surface area contributed by atoms with E-state index in [0.717, 1.165) is 6.54 Å². The van der Waals surface area contributed by atoms with Crippen molar-refractivity contribution in [1.82, 2.24) is 5.32 Å². The van der Waals surface area contributed by atoms with Gasteiger partial charge in [-0.2, -0.15) is 0 Å². The maximum atomic E-state index is 3.79. The molecule has 0 spiro atoms. The summed E-state index contributed by atoms with van der Waals surface area (Å²) in [6, 6.07) is 13.5. The number of aryl methyl sites for hydroxylation is 1. The summed E-state index contributed by atoms with van der Waals surface area (Å²) in [5.41, 5.74) is 2.81. The van der Waals surface area contributed by atoms with E-state index in [0.29, 0.717) is 12.0 Å². The fourth-order valence-corrected chi connectivity index (χ4v) is 3.62. The highest BCUT2D eigenvalue weighted by Gasteiger charge is 2.20. The summed E-state index contributed by atoms with van der Waals surface area (Å²) >= 11 is 1.85. The fourth-order valence-electron chi connectivity index (χ4n) is 2.76. The molecule has 20 heavy (non-hydrogen) atoms. The molecule has 1 aromatic carbocycles. The van der Waals surface area contributed by atoms with E-state index in [1.807, 2.05) is 11.3 Å². The molecule has 0 saturated carbocycles. The average Bonchev–Trinajstić information content (AvgIpc) is 2.90. The maximum Gasteiger partial charge on any atom is 0.0351 e. The Morgan fingerprint density at radius 3 is 2.30 bits per heavy atom. The fraction of sp³-hybridized carbons (Fsp3) is 0.444. The molecule has 2 aromatic rings. The molecule has 0 aliphatic carbocycles. The minimum Gasteiger partial charge on any atom is -0.305 e. The predicted molar refractivity (Wildman–Crippen MR) is 89.2 cm³/mol. The molecule has 1 heterocycles. The van der Waals surface area contributed by atoms with Crippen molar-refractivity contribution in [2.45, 2.75) is 46.2 Å². The summed E-state index contributed by atoms with van der Waals surface area (Å²) in [7, 11) is 0. The summed E-state index contributed by atoms with van der Waals surface area (Å²) in [4.78, 5) is 1.46. The number of hydrogen-bond donors (Lipinski definition) is 1. The van der Waals surface area contributed by atoms with Crippen LogP contribution >= 0.6 is 11.3 Å². The van der Waals surface area contributed by atoms with Crippen LogP contribution in [0.4, 0.5) is 0 Å². The van der Waals surface area contributed by atoms with Crippen LogP contribution in [-0.4, -0.2) is 0 Å². The van der Waals surface area contributed by atoms with Gasteiger partial charge in [0.2, 0.25) is 0 Å². The average molecular weight is 287 g/mol. The molecule has 0 radical (unpaired) electrons. The second-order valence-corrected chi connectivity index (χ2v) is 6.37. The van der Waals surface area contributed by atoms with Crippen molar-refractivity contribution in [2.24, 2.45) is 5.92 Å². The molecule has 1 unspecified atom stereocenters. The molecular formula is C18H25NS. The van der Waals surface area contributed by atoms with E-state index in [2.05, 4.69) is 67.9 Å². The lowest BCUT2D eigenvalue weighted by Gasteiger charge is -2.27. The summed E-state index contributed by atoms with van der Waals surface area (Å²) < 4.78 is 0. The van der Waals surface area contributed by atoms with E-state index in [1.54, 1.807) is 0 Å². The zero-order chi connectivity index (χ0) is 14.4. The third-order valence-corrected chi connectivity index (χ3v) is 5.15. The first-order valence-electron chi connectivity index (χ1n) is 7.57. The molecule has 1 N–H and O–H groups in total. The van der Waals surface area contributed by atoms with Crippen molar-refractivity contribution in [3.63, 3.8) is 0 Å². The largest absolute Gasteiger partial charge is 0.305 e. The van der Waals surface area contributed by atoms with Gasteiger partial charge in [0, 0.05) is 17.5 Å². The molecule has 1 nitrogen and oxygen atoms in total. The third kappa shape index (κ3) is 3.71. The van der Waals surface area contributed by atoms with Crippen LogP contribution in [0.25, 0.3) is 0 Å². The summed E-state index contributed by atoms with van der Waals surface area (Å²) in [5.74, 6) is 0.692. The molecule has 2 heteroatoms. The van der Waals surface area contributed by atoms with Crippen LogP contribution in [0.15, 0.2) is 41.8 Å². The summed E-state index contributed by atoms with van der Waals surface area (Å²) in [6.07, 6.45) is 2.43. The van der Waals surface area contributed by atoms with Crippen LogP contribution in [0, 0.1) is 12.8 Å². The molecule has 2 rings (SSSR count). The van der Waals surface area contributed by atoms with Gasteiger partial charge in [0.1, 0.15) is 0 Å². The standard InChI is InChI=1S/C18H25NS/c1-4-15(5-2)18(16-9-7-6-8-10-16)19-13-17-14(3)11-12-20-17/h6-12,15,18-19H,4-5,13H2,1-3H3. The van der Waals surface area contributed by atoms with Gasteiger partial charge in [0.25, 0.3) is 0 Å². The van der Waals surface area contributed by atoms with Gasteiger partial charge < -0.3 is 5.32 Å². The smallest absolute Gasteiger partial charge is 0.0351 e. The first-order chi connectivity index (χ1) is 9.76. The van der Waals surface area contributed by atoms with Crippen molar-refractivity contribution in [2.75, 3.05) is 0 Å². The van der Waals surface area contributed by atoms with Crippen molar-refractivity contribution < 1.29 is 0 Å². The van der Waals surface area contributed by atoms with Crippen molar-refractivity contribution in [3.05, 3.63) is 57.8 Å². The highest BCUT2D eigenvalue weighted by Crippen LogP contribution is 2.28. The van der Waals surface area contributed by atoms with Gasteiger partial charge in [0.05, 0.1) is 0 Å². The topological polar surface area (TPSA) is 12.0 Å². The van der Waals surface area contributed by atoms with Crippen LogP contribution in [0.3, 0.4) is 0 Å². The number of thiophene rings is 1. The Bertz CT molecular complexity index is 499. The Morgan fingerprint density at radius 2 is 1.75 bits per heavy atom. The van der Waals surface area contributed by atoms with Gasteiger partial charge in [-0.1, -0.05) is 57.0 Å². The van der Waals surface area contributed by atoms with E-state index in [4.69, 9.17) is 0 Å². The van der Waals surface area contributed by atoms with Gasteiger partial charge in [-0.15, -0.1) is 11.3 Å². The maximum absolute atomic E-state index is 3.79. The SMILES string of the molecule is CCC(CC)C(NCc1sccc1C)c1ccccc1. The Hall–Kier alpha value is -1.12. The van der Waals surface area contributed by atoms with Crippen LogP contribution in [-0.2, 0) is 6.54 Å². The normalized spacial score (nSPS) is 12.8. The first kappa shape index (κ1) is 15.3. The van der Waals surface area contributed by atoms with Gasteiger partial charge in [-0.05, 0) is 35.4 Å². The second-order valence-electron chi connectivity index (χ2n) is 5.37. The summed E-state index contributed by atoms with van der Waals surface area (Å²) in [5, 5.41) is 5.97. The van der Waals surface area contributed by atoms with E-state index >= 15 is 0 Å². The monoisotopic (exact) mass is 287 g/mol. The Kier molecular flexibility index (Phi) is 5.81. The molecule has 1 atom stereocenters. The zero-order valence-electron chi connectivity index (χ0n) is 12.7. The minimum absolute atomic E-state index is 0.452. The molecule has 0 fully saturated rings. The van der Waals surface area contributed by atoms with E-state index in [9.17, 15) is 0 Å². The number of nitrogens with one attached hydrogen (secondary N) is 1. The van der Waals surface area contributed by atoms with Crippen molar-refractivity contribution >= 4 is 11.3 Å². The highest BCUT2D eigenvalue weighted by atomic mass is 32.1. The molecular weight excluding hydrogens is 262 g/mol. The quantitative estimate of drug-likeness (QED) is 0.726. The second kappa shape index (κ2) is 7.61. The highest BCUT2D eigenvalue weighted by molar-refractivity contribution is 7.10. The lowest BCUT2D eigenvalue weighted by atomic mass is 9.89.